The molecule has 7 nitrogen and oxygen atoms in total. The summed E-state index contributed by atoms with van der Waals surface area (Å²) in [6.07, 6.45) is 4.78. The van der Waals surface area contributed by atoms with Gasteiger partial charge in [0.15, 0.2) is 0 Å². The Bertz CT molecular complexity index is 1290. The van der Waals surface area contributed by atoms with E-state index in [9.17, 15) is 9.18 Å². The van der Waals surface area contributed by atoms with Gasteiger partial charge in [-0.1, -0.05) is 6.07 Å². The minimum atomic E-state index is -0.437. The summed E-state index contributed by atoms with van der Waals surface area (Å²) in [7, 11) is 1.50. The average molecular weight is 460 g/mol. The fourth-order valence-electron chi connectivity index (χ4n) is 5.00. The maximum Gasteiger partial charge on any atom is 0.260 e. The first-order valence-electron chi connectivity index (χ1n) is 11.7. The van der Waals surface area contributed by atoms with Crippen molar-refractivity contribution in [2.75, 3.05) is 30.0 Å². The summed E-state index contributed by atoms with van der Waals surface area (Å²) in [5.41, 5.74) is 9.23. The number of amides is 1. The van der Waals surface area contributed by atoms with Gasteiger partial charge in [-0.05, 0) is 61.1 Å². The molecule has 1 amide bonds. The third-order valence-electron chi connectivity index (χ3n) is 6.97. The predicted molar refractivity (Wildman–Crippen MR) is 128 cm³/mol. The number of hydrogen-bond donors (Lipinski definition) is 1. The fraction of sp³-hybridized carbons (Fsp3) is 0.346. The van der Waals surface area contributed by atoms with E-state index in [0.29, 0.717) is 34.3 Å². The lowest BCUT2D eigenvalue weighted by molar-refractivity contribution is 0.0996. The molecule has 0 bridgehead atoms. The van der Waals surface area contributed by atoms with Crippen LogP contribution in [-0.4, -0.2) is 42.1 Å². The molecule has 1 aromatic carbocycles. The van der Waals surface area contributed by atoms with E-state index in [-0.39, 0.29) is 24.1 Å². The number of anilines is 2. The second kappa shape index (κ2) is 8.06. The molecule has 6 rings (SSSR count). The maximum absolute atomic E-state index is 14.9. The first-order chi connectivity index (χ1) is 16.5. The minimum Gasteiger partial charge on any atom is -0.496 e. The second-order valence-corrected chi connectivity index (χ2v) is 9.28. The zero-order valence-corrected chi connectivity index (χ0v) is 19.0. The molecule has 3 aliphatic rings. The first-order valence-corrected chi connectivity index (χ1v) is 11.7. The Labute approximate surface area is 197 Å². The van der Waals surface area contributed by atoms with Gasteiger partial charge >= 0.3 is 0 Å². The minimum absolute atomic E-state index is 0.136. The zero-order chi connectivity index (χ0) is 23.4. The van der Waals surface area contributed by atoms with Crippen molar-refractivity contribution >= 4 is 17.5 Å². The van der Waals surface area contributed by atoms with Crippen molar-refractivity contribution in [1.29, 1.82) is 0 Å². The summed E-state index contributed by atoms with van der Waals surface area (Å²) in [6, 6.07) is 10.7. The van der Waals surface area contributed by atoms with Crippen LogP contribution in [0.25, 0.3) is 11.3 Å². The van der Waals surface area contributed by atoms with Crippen LogP contribution in [0.15, 0.2) is 42.6 Å². The summed E-state index contributed by atoms with van der Waals surface area (Å²) >= 11 is 0. The Kier molecular flexibility index (Phi) is 4.99. The normalized spacial score (nSPS) is 19.6. The van der Waals surface area contributed by atoms with E-state index in [4.69, 9.17) is 15.5 Å². The number of nitrogens with zero attached hydrogens (tertiary/aromatic N) is 4. The monoisotopic (exact) mass is 459 g/mol. The third kappa shape index (κ3) is 3.49. The molecule has 1 saturated heterocycles. The average Bonchev–Trinajstić information content (AvgIpc) is 3.53. The zero-order valence-electron chi connectivity index (χ0n) is 19.0. The summed E-state index contributed by atoms with van der Waals surface area (Å²) < 4.78 is 20.3. The number of benzene rings is 1. The summed E-state index contributed by atoms with van der Waals surface area (Å²) in [4.78, 5) is 26.7. The molecule has 34 heavy (non-hydrogen) atoms. The van der Waals surface area contributed by atoms with Crippen LogP contribution in [0.4, 0.5) is 16.0 Å². The molecule has 0 radical (unpaired) electrons. The fourth-order valence-corrected chi connectivity index (χ4v) is 5.00. The quantitative estimate of drug-likeness (QED) is 0.624. The van der Waals surface area contributed by atoms with Crippen LogP contribution in [0.2, 0.25) is 0 Å². The van der Waals surface area contributed by atoms with Crippen molar-refractivity contribution in [3.63, 3.8) is 0 Å². The molecule has 8 heteroatoms. The van der Waals surface area contributed by atoms with Crippen LogP contribution >= 0.6 is 0 Å². The van der Waals surface area contributed by atoms with Crippen LogP contribution in [0.5, 0.6) is 5.75 Å². The topological polar surface area (TPSA) is 84.6 Å². The highest BCUT2D eigenvalue weighted by Gasteiger charge is 2.35. The van der Waals surface area contributed by atoms with Gasteiger partial charge < -0.3 is 15.4 Å². The molecule has 2 N–H and O–H groups in total. The number of carbonyl (C=O) groups is 1. The van der Waals surface area contributed by atoms with E-state index >= 15 is 0 Å². The number of fused-ring (bicyclic) bond motifs is 1. The molecule has 2 aromatic heterocycles. The SMILES string of the molecule is COc1cccc(F)c1-c1nccc2c1CN(c1cc(C3CC3)cc(N3CCC(N)C3)n1)C2=O. The molecule has 2 fully saturated rings. The van der Waals surface area contributed by atoms with Crippen LogP contribution in [0, 0.1) is 5.82 Å². The van der Waals surface area contributed by atoms with Crippen LogP contribution in [-0.2, 0) is 6.54 Å². The maximum atomic E-state index is 14.9. The Morgan fingerprint density at radius 3 is 2.71 bits per heavy atom. The van der Waals surface area contributed by atoms with Gasteiger partial charge in [0.05, 0.1) is 24.9 Å². The molecule has 1 unspecified atom stereocenters. The molecule has 1 saturated carbocycles. The van der Waals surface area contributed by atoms with E-state index in [0.717, 1.165) is 38.2 Å². The highest BCUT2D eigenvalue weighted by molar-refractivity contribution is 6.10. The number of methoxy groups -OCH3 is 1. The molecule has 4 heterocycles. The summed E-state index contributed by atoms with van der Waals surface area (Å²) in [5, 5.41) is 0. The van der Waals surface area contributed by atoms with Crippen molar-refractivity contribution in [3.05, 3.63) is 65.1 Å². The molecular formula is C26H26FN5O2. The molecule has 3 aromatic rings. The van der Waals surface area contributed by atoms with Gasteiger partial charge in [0.1, 0.15) is 23.2 Å². The largest absolute Gasteiger partial charge is 0.496 e. The van der Waals surface area contributed by atoms with E-state index in [2.05, 4.69) is 16.0 Å². The number of hydrogen-bond acceptors (Lipinski definition) is 6. The lowest BCUT2D eigenvalue weighted by Gasteiger charge is -2.22. The van der Waals surface area contributed by atoms with Crippen molar-refractivity contribution in [1.82, 2.24) is 9.97 Å². The van der Waals surface area contributed by atoms with Gasteiger partial charge in [-0.3, -0.25) is 14.7 Å². The van der Waals surface area contributed by atoms with Crippen LogP contribution in [0.3, 0.4) is 0 Å². The summed E-state index contributed by atoms with van der Waals surface area (Å²) in [5.74, 6) is 1.79. The smallest absolute Gasteiger partial charge is 0.260 e. The van der Waals surface area contributed by atoms with Crippen LogP contribution < -0.4 is 20.3 Å². The molecule has 1 atom stereocenters. The number of carbonyl (C=O) groups excluding carboxylic acids is 1. The number of pyridine rings is 2. The van der Waals surface area contributed by atoms with Gasteiger partial charge in [-0.25, -0.2) is 9.37 Å². The number of aromatic nitrogens is 2. The van der Waals surface area contributed by atoms with E-state index < -0.39 is 5.82 Å². The Morgan fingerprint density at radius 2 is 1.97 bits per heavy atom. The Balaban J connectivity index is 1.42. The van der Waals surface area contributed by atoms with Gasteiger partial charge in [-0.15, -0.1) is 0 Å². The lowest BCUT2D eigenvalue weighted by atomic mass is 10.0. The molecule has 1 aliphatic carbocycles. The van der Waals surface area contributed by atoms with Crippen LogP contribution in [0.1, 0.15) is 46.7 Å². The second-order valence-electron chi connectivity index (χ2n) is 9.28. The number of halogens is 1. The highest BCUT2D eigenvalue weighted by atomic mass is 19.1. The number of nitrogens with two attached hydrogens (primary N) is 1. The molecule has 2 aliphatic heterocycles. The Hall–Kier alpha value is -3.52. The molecular weight excluding hydrogens is 433 g/mol. The van der Waals surface area contributed by atoms with E-state index in [1.165, 1.54) is 18.7 Å². The van der Waals surface area contributed by atoms with Gasteiger partial charge in [0.2, 0.25) is 0 Å². The molecule has 174 valence electrons. The number of ether oxygens (including phenoxy) is 1. The predicted octanol–water partition coefficient (Wildman–Crippen LogP) is 3.87. The van der Waals surface area contributed by atoms with Crippen molar-refractivity contribution in [2.45, 2.75) is 37.8 Å². The Morgan fingerprint density at radius 1 is 1.15 bits per heavy atom. The summed E-state index contributed by atoms with van der Waals surface area (Å²) in [6.45, 7) is 1.89. The van der Waals surface area contributed by atoms with Crippen molar-refractivity contribution < 1.29 is 13.9 Å². The van der Waals surface area contributed by atoms with E-state index in [1.807, 2.05) is 6.07 Å². The van der Waals surface area contributed by atoms with Gasteiger partial charge in [-0.2, -0.15) is 0 Å². The highest BCUT2D eigenvalue weighted by Crippen LogP contribution is 2.44. The van der Waals surface area contributed by atoms with Crippen molar-refractivity contribution in [3.8, 4) is 17.0 Å². The van der Waals surface area contributed by atoms with Gasteiger partial charge in [0, 0.05) is 36.5 Å². The van der Waals surface area contributed by atoms with E-state index in [1.54, 1.807) is 29.3 Å². The molecule has 0 spiro atoms. The third-order valence-corrected chi connectivity index (χ3v) is 6.97. The number of rotatable bonds is 5. The standard InChI is InChI=1S/C26H26FN5O2/c1-34-21-4-2-3-20(27)24(21)25-19-14-32(26(33)18(19)7-9-29-25)23-12-16(15-5-6-15)11-22(30-23)31-10-8-17(28)13-31/h2-4,7,9,11-12,15,17H,5-6,8,10,13-14,28H2,1H3. The van der Waals surface area contributed by atoms with Gasteiger partial charge in [0.25, 0.3) is 5.91 Å². The first kappa shape index (κ1) is 21.0. The lowest BCUT2D eigenvalue weighted by Crippen LogP contribution is -2.28. The van der Waals surface area contributed by atoms with Crippen molar-refractivity contribution in [2.24, 2.45) is 5.73 Å².